The van der Waals surface area contributed by atoms with E-state index in [9.17, 15) is 9.90 Å². The van der Waals surface area contributed by atoms with Crippen molar-refractivity contribution in [3.8, 4) is 5.75 Å². The van der Waals surface area contributed by atoms with Gasteiger partial charge in [0.25, 0.3) is 5.91 Å². The molecule has 172 valence electrons. The molecule has 0 radical (unpaired) electrons. The fourth-order valence-corrected chi connectivity index (χ4v) is 4.14. The monoisotopic (exact) mass is 487 g/mol. The molecular formula is C23H23Cl2N5O3. The zero-order valence-electron chi connectivity index (χ0n) is 18.1. The van der Waals surface area contributed by atoms with Crippen molar-refractivity contribution in [2.24, 2.45) is 0 Å². The van der Waals surface area contributed by atoms with Crippen LogP contribution >= 0.6 is 23.2 Å². The number of rotatable bonds is 7. The first-order chi connectivity index (χ1) is 15.9. The van der Waals surface area contributed by atoms with Gasteiger partial charge in [-0.15, -0.1) is 0 Å². The van der Waals surface area contributed by atoms with E-state index in [0.717, 1.165) is 0 Å². The Bertz CT molecular complexity index is 1210. The second-order valence-electron chi connectivity index (χ2n) is 7.52. The van der Waals surface area contributed by atoms with Crippen LogP contribution in [0, 0.1) is 0 Å². The standard InChI is InChI=1S/C23H23Cl2N5O3/c1-13-19(22(32)27-14-8-10-15(33-2)11-9-14)21(16-5-3-6-17(24)20(16)25)30-23(26-13)28-18(29-30)7-4-12-31/h3,5-6,8-11,21,31H,4,7,12H2,1-2H3,(H,27,32)(H,26,28,29). The van der Waals surface area contributed by atoms with E-state index in [1.807, 2.05) is 6.07 Å². The number of ether oxygens (including phenoxy) is 1. The molecule has 3 aromatic rings. The van der Waals surface area contributed by atoms with Gasteiger partial charge in [-0.2, -0.15) is 10.1 Å². The van der Waals surface area contributed by atoms with E-state index >= 15 is 0 Å². The van der Waals surface area contributed by atoms with Crippen LogP contribution < -0.4 is 15.4 Å². The lowest BCUT2D eigenvalue weighted by atomic mass is 9.95. The number of aromatic nitrogens is 3. The zero-order chi connectivity index (χ0) is 23.5. The molecule has 1 amide bonds. The van der Waals surface area contributed by atoms with Crippen LogP contribution in [-0.4, -0.2) is 39.5 Å². The molecule has 8 nitrogen and oxygen atoms in total. The number of methoxy groups -OCH3 is 1. The minimum Gasteiger partial charge on any atom is -0.497 e. The average Bonchev–Trinajstić information content (AvgIpc) is 3.21. The molecule has 2 heterocycles. The third-order valence-electron chi connectivity index (χ3n) is 5.32. The molecule has 2 aromatic carbocycles. The predicted octanol–water partition coefficient (Wildman–Crippen LogP) is 4.45. The van der Waals surface area contributed by atoms with Crippen molar-refractivity contribution in [3.05, 3.63) is 75.2 Å². The second-order valence-corrected chi connectivity index (χ2v) is 8.30. The number of nitrogens with zero attached hydrogens (tertiary/aromatic N) is 3. The fraction of sp³-hybridized carbons (Fsp3) is 0.261. The summed E-state index contributed by atoms with van der Waals surface area (Å²) >= 11 is 12.9. The summed E-state index contributed by atoms with van der Waals surface area (Å²) in [6, 6.07) is 11.7. The summed E-state index contributed by atoms with van der Waals surface area (Å²) in [6.45, 7) is 1.84. The lowest BCUT2D eigenvalue weighted by Gasteiger charge is -2.29. The number of hydrogen-bond donors (Lipinski definition) is 3. The topological polar surface area (TPSA) is 101 Å². The number of nitrogens with one attached hydrogen (secondary N) is 2. The molecule has 1 aliphatic heterocycles. The average molecular weight is 488 g/mol. The van der Waals surface area contributed by atoms with Crippen LogP contribution in [0.25, 0.3) is 0 Å². The largest absolute Gasteiger partial charge is 0.497 e. The Morgan fingerprint density at radius 2 is 2.00 bits per heavy atom. The maximum absolute atomic E-state index is 13.5. The Kier molecular flexibility index (Phi) is 6.88. The quantitative estimate of drug-likeness (QED) is 0.455. The molecule has 0 fully saturated rings. The van der Waals surface area contributed by atoms with Crippen molar-refractivity contribution in [2.45, 2.75) is 25.8 Å². The van der Waals surface area contributed by atoms with E-state index in [1.165, 1.54) is 0 Å². The molecule has 1 unspecified atom stereocenters. The highest BCUT2D eigenvalue weighted by Crippen LogP contribution is 2.40. The van der Waals surface area contributed by atoms with Gasteiger partial charge in [-0.05, 0) is 43.7 Å². The van der Waals surface area contributed by atoms with Crippen molar-refractivity contribution in [2.75, 3.05) is 24.4 Å². The third kappa shape index (κ3) is 4.68. The number of hydrogen-bond acceptors (Lipinski definition) is 6. The number of halogens is 2. The fourth-order valence-electron chi connectivity index (χ4n) is 3.72. The van der Waals surface area contributed by atoms with Crippen LogP contribution in [0.4, 0.5) is 11.6 Å². The third-order valence-corrected chi connectivity index (χ3v) is 6.16. The van der Waals surface area contributed by atoms with Gasteiger partial charge in [-0.3, -0.25) is 4.79 Å². The minimum absolute atomic E-state index is 0.0354. The molecule has 0 aliphatic carbocycles. The Morgan fingerprint density at radius 3 is 2.70 bits per heavy atom. The summed E-state index contributed by atoms with van der Waals surface area (Å²) in [5.74, 6) is 1.42. The molecule has 0 bridgehead atoms. The lowest BCUT2D eigenvalue weighted by molar-refractivity contribution is -0.113. The van der Waals surface area contributed by atoms with Crippen LogP contribution in [0.1, 0.15) is 30.8 Å². The first-order valence-corrected chi connectivity index (χ1v) is 11.1. The van der Waals surface area contributed by atoms with E-state index in [0.29, 0.717) is 62.9 Å². The van der Waals surface area contributed by atoms with E-state index in [1.54, 1.807) is 55.1 Å². The Hall–Kier alpha value is -3.07. The number of aliphatic hydroxyl groups is 1. The number of benzene rings is 2. The first-order valence-electron chi connectivity index (χ1n) is 10.4. The molecule has 4 rings (SSSR count). The molecule has 1 aromatic heterocycles. The maximum Gasteiger partial charge on any atom is 0.255 e. The molecular weight excluding hydrogens is 465 g/mol. The lowest BCUT2D eigenvalue weighted by Crippen LogP contribution is -2.31. The van der Waals surface area contributed by atoms with Gasteiger partial charge in [0, 0.05) is 30.0 Å². The van der Waals surface area contributed by atoms with Gasteiger partial charge >= 0.3 is 0 Å². The van der Waals surface area contributed by atoms with Gasteiger partial charge in [0.1, 0.15) is 11.8 Å². The second kappa shape index (κ2) is 9.82. The molecule has 33 heavy (non-hydrogen) atoms. The maximum atomic E-state index is 13.5. The molecule has 10 heteroatoms. The van der Waals surface area contributed by atoms with E-state index in [-0.39, 0.29) is 12.5 Å². The summed E-state index contributed by atoms with van der Waals surface area (Å²) in [7, 11) is 1.58. The molecule has 0 saturated carbocycles. The van der Waals surface area contributed by atoms with Gasteiger partial charge in [-0.1, -0.05) is 35.3 Å². The summed E-state index contributed by atoms with van der Waals surface area (Å²) in [6.07, 6.45) is 1.03. The summed E-state index contributed by atoms with van der Waals surface area (Å²) in [5, 5.41) is 20.6. The highest BCUT2D eigenvalue weighted by molar-refractivity contribution is 6.42. The van der Waals surface area contributed by atoms with E-state index < -0.39 is 6.04 Å². The Balaban J connectivity index is 1.77. The van der Waals surface area contributed by atoms with Crippen molar-refractivity contribution in [3.63, 3.8) is 0 Å². The number of aliphatic hydroxyl groups excluding tert-OH is 1. The molecule has 3 N–H and O–H groups in total. The minimum atomic E-state index is -0.652. The molecule has 0 saturated heterocycles. The normalized spacial score (nSPS) is 15.1. The van der Waals surface area contributed by atoms with Crippen LogP contribution in [0.5, 0.6) is 5.75 Å². The smallest absolute Gasteiger partial charge is 0.255 e. The van der Waals surface area contributed by atoms with Crippen molar-refractivity contribution in [1.82, 2.24) is 14.8 Å². The van der Waals surface area contributed by atoms with Crippen molar-refractivity contribution < 1.29 is 14.6 Å². The number of carbonyl (C=O) groups excluding carboxylic acids is 1. The van der Waals surface area contributed by atoms with Crippen molar-refractivity contribution >= 4 is 40.7 Å². The van der Waals surface area contributed by atoms with Gasteiger partial charge in [0.2, 0.25) is 5.95 Å². The van der Waals surface area contributed by atoms with Crippen LogP contribution in [0.15, 0.2) is 53.7 Å². The first kappa shape index (κ1) is 23.1. The van der Waals surface area contributed by atoms with Crippen LogP contribution in [0.3, 0.4) is 0 Å². The predicted molar refractivity (Wildman–Crippen MR) is 128 cm³/mol. The van der Waals surface area contributed by atoms with Gasteiger partial charge < -0.3 is 20.5 Å². The van der Waals surface area contributed by atoms with Gasteiger partial charge in [0.15, 0.2) is 5.82 Å². The number of fused-ring (bicyclic) bond motifs is 1. The zero-order valence-corrected chi connectivity index (χ0v) is 19.6. The van der Waals surface area contributed by atoms with Gasteiger partial charge in [0.05, 0.1) is 22.7 Å². The Morgan fingerprint density at radius 1 is 1.24 bits per heavy atom. The SMILES string of the molecule is COc1ccc(NC(=O)C2=C(C)Nc3nc(CCCO)nn3C2c2cccc(Cl)c2Cl)cc1. The molecule has 1 aliphatic rings. The van der Waals surface area contributed by atoms with Crippen LogP contribution in [-0.2, 0) is 11.2 Å². The molecule has 0 spiro atoms. The number of allylic oxidation sites excluding steroid dienone is 1. The number of aryl methyl sites for hydroxylation is 1. The highest BCUT2D eigenvalue weighted by atomic mass is 35.5. The van der Waals surface area contributed by atoms with Crippen molar-refractivity contribution in [1.29, 1.82) is 0 Å². The van der Waals surface area contributed by atoms with Gasteiger partial charge in [-0.25, -0.2) is 4.68 Å². The Labute approximate surface area is 201 Å². The number of anilines is 2. The summed E-state index contributed by atoms with van der Waals surface area (Å²) in [5.41, 5.74) is 2.30. The number of amides is 1. The number of carbonyl (C=O) groups is 1. The summed E-state index contributed by atoms with van der Waals surface area (Å²) < 4.78 is 6.82. The highest BCUT2D eigenvalue weighted by Gasteiger charge is 2.35. The summed E-state index contributed by atoms with van der Waals surface area (Å²) in [4.78, 5) is 18.0. The van der Waals surface area contributed by atoms with E-state index in [4.69, 9.17) is 27.9 Å². The molecule has 1 atom stereocenters. The van der Waals surface area contributed by atoms with E-state index in [2.05, 4.69) is 20.7 Å². The van der Waals surface area contributed by atoms with Crippen LogP contribution in [0.2, 0.25) is 10.0 Å².